The molecule has 0 saturated carbocycles. The second-order valence-corrected chi connectivity index (χ2v) is 7.17. The fourth-order valence-electron chi connectivity index (χ4n) is 2.23. The van der Waals surface area contributed by atoms with Gasteiger partial charge >= 0.3 is 0 Å². The van der Waals surface area contributed by atoms with Gasteiger partial charge in [0.25, 0.3) is 17.5 Å². The molecule has 0 aliphatic rings. The fraction of sp³-hybridized carbons (Fsp3) is 0.529. The molecular formula is C17H27N4O5+. The largest absolute Gasteiger partial charge is 0.494 e. The van der Waals surface area contributed by atoms with E-state index in [-0.39, 0.29) is 35.3 Å². The van der Waals surface area contributed by atoms with E-state index in [0.29, 0.717) is 10.6 Å². The minimum absolute atomic E-state index is 0.130. The lowest BCUT2D eigenvalue weighted by atomic mass is 10.1. The summed E-state index contributed by atoms with van der Waals surface area (Å²) in [5.74, 6) is -0.274. The number of nitro benzene ring substituents is 1. The van der Waals surface area contributed by atoms with Crippen LogP contribution in [-0.2, 0) is 9.59 Å². The number of ether oxygens (including phenoxy) is 1. The van der Waals surface area contributed by atoms with E-state index in [1.54, 1.807) is 14.0 Å². The molecule has 26 heavy (non-hydrogen) atoms. The zero-order chi connectivity index (χ0) is 20.1. The lowest BCUT2D eigenvalue weighted by Crippen LogP contribution is -3.15. The molecule has 2 atom stereocenters. The molecule has 0 radical (unpaired) electrons. The van der Waals surface area contributed by atoms with Gasteiger partial charge in [-0.2, -0.15) is 0 Å². The van der Waals surface area contributed by atoms with Crippen molar-refractivity contribution in [2.45, 2.75) is 39.3 Å². The predicted octanol–water partition coefficient (Wildman–Crippen LogP) is 0.360. The van der Waals surface area contributed by atoms with Crippen LogP contribution in [0.5, 0.6) is 5.75 Å². The summed E-state index contributed by atoms with van der Waals surface area (Å²) in [4.78, 5) is 35.5. The standard InChI is InChI=1S/C17H26N4O5/c1-11(20(5)10-15(22)19-17(2,3)4)16(23)18-13-8-7-12(21(24)25)9-14(13)26-6/h7-9,11H,10H2,1-6H3,(H,18,23)(H,19,22)/p+1/t11-/m1/s1. The SMILES string of the molecule is COc1cc([N+](=O)[O-])ccc1NC(=O)[C@@H](C)[NH+](C)CC(=O)NC(C)(C)C. The quantitative estimate of drug-likeness (QED) is 0.475. The topological polar surface area (TPSA) is 115 Å². The molecule has 0 aliphatic heterocycles. The summed E-state index contributed by atoms with van der Waals surface area (Å²) in [6.07, 6.45) is 0. The van der Waals surface area contributed by atoms with Gasteiger partial charge < -0.3 is 20.3 Å². The Bertz CT molecular complexity index is 684. The van der Waals surface area contributed by atoms with Gasteiger partial charge in [-0.15, -0.1) is 0 Å². The molecule has 1 unspecified atom stereocenters. The normalized spacial score (nSPS) is 13.5. The van der Waals surface area contributed by atoms with Crippen LogP contribution in [0.1, 0.15) is 27.7 Å². The van der Waals surface area contributed by atoms with E-state index < -0.39 is 11.0 Å². The number of nitrogens with zero attached hydrogens (tertiary/aromatic N) is 1. The first kappa shape index (κ1) is 21.4. The van der Waals surface area contributed by atoms with Gasteiger partial charge in [-0.1, -0.05) is 0 Å². The van der Waals surface area contributed by atoms with Crippen LogP contribution in [-0.4, -0.2) is 49.0 Å². The second-order valence-electron chi connectivity index (χ2n) is 7.17. The summed E-state index contributed by atoms with van der Waals surface area (Å²) in [5.41, 5.74) is -0.133. The van der Waals surface area contributed by atoms with E-state index in [0.717, 1.165) is 0 Å². The summed E-state index contributed by atoms with van der Waals surface area (Å²) in [7, 11) is 3.12. The van der Waals surface area contributed by atoms with Crippen LogP contribution in [0.25, 0.3) is 0 Å². The Morgan fingerprint density at radius 1 is 1.35 bits per heavy atom. The maximum atomic E-state index is 12.5. The second kappa shape index (κ2) is 8.61. The Labute approximate surface area is 152 Å². The third-order valence-electron chi connectivity index (χ3n) is 3.74. The molecule has 3 N–H and O–H groups in total. The van der Waals surface area contributed by atoms with Gasteiger partial charge in [-0.3, -0.25) is 19.7 Å². The highest BCUT2D eigenvalue weighted by Crippen LogP contribution is 2.28. The van der Waals surface area contributed by atoms with Crippen molar-refractivity contribution in [2.24, 2.45) is 0 Å². The number of benzene rings is 1. The summed E-state index contributed by atoms with van der Waals surface area (Å²) in [6, 6.07) is 3.44. The average molecular weight is 367 g/mol. The number of carbonyl (C=O) groups is 2. The van der Waals surface area contributed by atoms with Gasteiger partial charge in [0.2, 0.25) is 0 Å². The number of carbonyl (C=O) groups excluding carboxylic acids is 2. The molecule has 1 aromatic rings. The Morgan fingerprint density at radius 3 is 2.46 bits per heavy atom. The molecule has 0 aliphatic carbocycles. The molecule has 9 heteroatoms. The van der Waals surface area contributed by atoms with E-state index in [2.05, 4.69) is 10.6 Å². The Kier molecular flexibility index (Phi) is 7.08. The molecule has 0 spiro atoms. The highest BCUT2D eigenvalue weighted by Gasteiger charge is 2.26. The molecule has 0 aromatic heterocycles. The number of likely N-dealkylation sites (N-methyl/N-ethyl adjacent to an activating group) is 1. The van der Waals surface area contributed by atoms with Gasteiger partial charge in [0.15, 0.2) is 12.6 Å². The fourth-order valence-corrected chi connectivity index (χ4v) is 2.23. The van der Waals surface area contributed by atoms with Gasteiger partial charge in [0.05, 0.1) is 30.8 Å². The minimum Gasteiger partial charge on any atom is -0.494 e. The maximum Gasteiger partial charge on any atom is 0.282 e. The van der Waals surface area contributed by atoms with Crippen LogP contribution in [0.4, 0.5) is 11.4 Å². The van der Waals surface area contributed by atoms with Crippen LogP contribution < -0.4 is 20.3 Å². The molecule has 0 fully saturated rings. The van der Waals surface area contributed by atoms with Crippen molar-refractivity contribution in [1.82, 2.24) is 5.32 Å². The van der Waals surface area contributed by atoms with Crippen molar-refractivity contribution in [3.63, 3.8) is 0 Å². The molecule has 0 saturated heterocycles. The van der Waals surface area contributed by atoms with Gasteiger partial charge in [0.1, 0.15) is 5.75 Å². The third-order valence-corrected chi connectivity index (χ3v) is 3.74. The molecular weight excluding hydrogens is 340 g/mol. The number of non-ortho nitro benzene ring substituents is 1. The molecule has 0 heterocycles. The Balaban J connectivity index is 2.77. The van der Waals surface area contributed by atoms with E-state index in [4.69, 9.17) is 4.74 Å². The average Bonchev–Trinajstić information content (AvgIpc) is 2.52. The number of nitrogens with one attached hydrogen (secondary N) is 3. The van der Waals surface area contributed by atoms with E-state index in [1.165, 1.54) is 25.3 Å². The number of quaternary nitrogens is 1. The van der Waals surface area contributed by atoms with Crippen molar-refractivity contribution in [3.05, 3.63) is 28.3 Å². The highest BCUT2D eigenvalue weighted by molar-refractivity contribution is 5.95. The first-order chi connectivity index (χ1) is 11.9. The van der Waals surface area contributed by atoms with Gasteiger partial charge in [0, 0.05) is 11.6 Å². The molecule has 1 rings (SSSR count). The maximum absolute atomic E-state index is 12.5. The summed E-state index contributed by atoms with van der Waals surface area (Å²) < 4.78 is 5.11. The zero-order valence-corrected chi connectivity index (χ0v) is 16.0. The Hall–Kier alpha value is -2.68. The first-order valence-corrected chi connectivity index (χ1v) is 8.21. The monoisotopic (exact) mass is 367 g/mol. The van der Waals surface area contributed by atoms with Gasteiger partial charge in [-0.05, 0) is 33.8 Å². The lowest BCUT2D eigenvalue weighted by molar-refractivity contribution is -0.885. The molecule has 2 amide bonds. The molecule has 1 aromatic carbocycles. The van der Waals surface area contributed by atoms with Crippen molar-refractivity contribution < 1.29 is 24.1 Å². The Morgan fingerprint density at radius 2 is 1.96 bits per heavy atom. The van der Waals surface area contributed by atoms with Crippen LogP contribution in [0.2, 0.25) is 0 Å². The number of methoxy groups -OCH3 is 1. The number of hydrogen-bond acceptors (Lipinski definition) is 5. The van der Waals surface area contributed by atoms with Crippen molar-refractivity contribution >= 4 is 23.2 Å². The number of amides is 2. The number of rotatable bonds is 7. The summed E-state index contributed by atoms with van der Waals surface area (Å²) >= 11 is 0. The molecule has 0 bridgehead atoms. The van der Waals surface area contributed by atoms with E-state index in [1.807, 2.05) is 20.8 Å². The molecule has 144 valence electrons. The van der Waals surface area contributed by atoms with Crippen molar-refractivity contribution in [3.8, 4) is 5.75 Å². The van der Waals surface area contributed by atoms with E-state index >= 15 is 0 Å². The number of hydrogen-bond donors (Lipinski definition) is 3. The smallest absolute Gasteiger partial charge is 0.282 e. The lowest BCUT2D eigenvalue weighted by Gasteiger charge is -2.24. The first-order valence-electron chi connectivity index (χ1n) is 8.21. The minimum atomic E-state index is -0.539. The van der Waals surface area contributed by atoms with Crippen LogP contribution >= 0.6 is 0 Å². The van der Waals surface area contributed by atoms with Crippen molar-refractivity contribution in [1.29, 1.82) is 0 Å². The van der Waals surface area contributed by atoms with Crippen LogP contribution in [0.3, 0.4) is 0 Å². The molecule has 9 nitrogen and oxygen atoms in total. The summed E-state index contributed by atoms with van der Waals surface area (Å²) in [6.45, 7) is 7.50. The number of anilines is 1. The third kappa shape index (κ3) is 6.32. The van der Waals surface area contributed by atoms with Crippen LogP contribution in [0.15, 0.2) is 18.2 Å². The predicted molar refractivity (Wildman–Crippen MR) is 97.4 cm³/mol. The zero-order valence-electron chi connectivity index (χ0n) is 16.0. The highest BCUT2D eigenvalue weighted by atomic mass is 16.6. The number of nitro groups is 1. The van der Waals surface area contributed by atoms with E-state index in [9.17, 15) is 19.7 Å². The van der Waals surface area contributed by atoms with Crippen LogP contribution in [0, 0.1) is 10.1 Å². The van der Waals surface area contributed by atoms with Gasteiger partial charge in [-0.25, -0.2) is 0 Å². The summed E-state index contributed by atoms with van der Waals surface area (Å²) in [5, 5.41) is 16.4. The van der Waals surface area contributed by atoms with Crippen molar-refractivity contribution in [2.75, 3.05) is 26.0 Å².